The van der Waals surface area contributed by atoms with Crippen LogP contribution in [-0.4, -0.2) is 10.9 Å². The Morgan fingerprint density at radius 3 is 2.43 bits per heavy atom. The van der Waals surface area contributed by atoms with Gasteiger partial charge in [-0.2, -0.15) is 0 Å². The van der Waals surface area contributed by atoms with Crippen molar-refractivity contribution < 1.29 is 4.79 Å². The van der Waals surface area contributed by atoms with Crippen molar-refractivity contribution in [2.45, 2.75) is 13.8 Å². The molecule has 0 fully saturated rings. The molecule has 0 atom stereocenters. The lowest BCUT2D eigenvalue weighted by atomic mass is 10.1. The molecule has 5 nitrogen and oxygen atoms in total. The van der Waals surface area contributed by atoms with Gasteiger partial charge in [-0.1, -0.05) is 27.5 Å². The molecule has 0 aliphatic carbocycles. The van der Waals surface area contributed by atoms with Gasteiger partial charge >= 0.3 is 0 Å². The minimum atomic E-state index is -0.276. The molecular weight excluding hydrogens is 356 g/mol. The predicted molar refractivity (Wildman–Crippen MR) is 88.6 cm³/mol. The highest BCUT2D eigenvalue weighted by Gasteiger charge is 2.12. The van der Waals surface area contributed by atoms with E-state index in [0.717, 1.165) is 21.3 Å². The van der Waals surface area contributed by atoms with Crippen LogP contribution in [-0.2, 0) is 0 Å². The summed E-state index contributed by atoms with van der Waals surface area (Å²) in [6.07, 6.45) is 1.42. The average molecular weight is 370 g/mol. The second-order valence-electron chi connectivity index (χ2n) is 4.57. The first-order valence-electron chi connectivity index (χ1n) is 6.12. The van der Waals surface area contributed by atoms with Gasteiger partial charge in [0.15, 0.2) is 5.82 Å². The monoisotopic (exact) mass is 368 g/mol. The summed E-state index contributed by atoms with van der Waals surface area (Å²) < 4.78 is 0.971. The molecule has 1 heterocycles. The minimum absolute atomic E-state index is 0.276. The van der Waals surface area contributed by atoms with Crippen molar-refractivity contribution in [2.75, 3.05) is 10.7 Å². The highest BCUT2D eigenvalue weighted by Crippen LogP contribution is 2.26. The van der Waals surface area contributed by atoms with E-state index in [9.17, 15) is 4.79 Å². The van der Waals surface area contributed by atoms with Crippen LogP contribution in [0.3, 0.4) is 0 Å². The molecule has 0 aliphatic rings. The van der Waals surface area contributed by atoms with E-state index in [1.165, 1.54) is 12.3 Å². The van der Waals surface area contributed by atoms with Crippen LogP contribution in [0.15, 0.2) is 28.9 Å². The van der Waals surface area contributed by atoms with Crippen molar-refractivity contribution in [1.82, 2.24) is 4.98 Å². The van der Waals surface area contributed by atoms with Crippen LogP contribution < -0.4 is 16.6 Å². The van der Waals surface area contributed by atoms with Crippen molar-refractivity contribution in [2.24, 2.45) is 5.84 Å². The largest absolute Gasteiger partial charge is 0.321 e. The number of rotatable bonds is 3. The normalized spacial score (nSPS) is 10.3. The SMILES string of the molecule is Cc1cc(Br)cc(C)c1NC(=O)c1cnc(NN)c(Cl)c1. The van der Waals surface area contributed by atoms with Gasteiger partial charge in [0.05, 0.1) is 10.6 Å². The Morgan fingerprint density at radius 2 is 1.90 bits per heavy atom. The summed E-state index contributed by atoms with van der Waals surface area (Å²) in [5.74, 6) is 5.30. The lowest BCUT2D eigenvalue weighted by molar-refractivity contribution is 0.102. The smallest absolute Gasteiger partial charge is 0.257 e. The second-order valence-corrected chi connectivity index (χ2v) is 5.89. The van der Waals surface area contributed by atoms with Gasteiger partial charge in [0, 0.05) is 16.4 Å². The van der Waals surface area contributed by atoms with Gasteiger partial charge in [0.2, 0.25) is 0 Å². The Balaban J connectivity index is 2.28. The summed E-state index contributed by atoms with van der Waals surface area (Å²) in [6.45, 7) is 3.86. The number of nitrogens with one attached hydrogen (secondary N) is 2. The van der Waals surface area contributed by atoms with Gasteiger partial charge in [0.25, 0.3) is 5.91 Å². The highest BCUT2D eigenvalue weighted by molar-refractivity contribution is 9.10. The van der Waals surface area contributed by atoms with Gasteiger partial charge in [-0.3, -0.25) is 4.79 Å². The third-order valence-corrected chi connectivity index (χ3v) is 3.72. The number of amides is 1. The van der Waals surface area contributed by atoms with Crippen LogP contribution in [0.5, 0.6) is 0 Å². The molecule has 0 unspecified atom stereocenters. The Hall–Kier alpha value is -1.63. The molecule has 2 rings (SSSR count). The first-order valence-corrected chi connectivity index (χ1v) is 7.29. The summed E-state index contributed by atoms with van der Waals surface area (Å²) in [5, 5.41) is 3.16. The van der Waals surface area contributed by atoms with E-state index in [1.807, 2.05) is 26.0 Å². The lowest BCUT2D eigenvalue weighted by Gasteiger charge is -2.12. The fourth-order valence-corrected chi connectivity index (χ4v) is 2.87. The van der Waals surface area contributed by atoms with Crippen molar-refractivity contribution in [1.29, 1.82) is 0 Å². The Morgan fingerprint density at radius 1 is 1.29 bits per heavy atom. The summed E-state index contributed by atoms with van der Waals surface area (Å²) in [7, 11) is 0. The van der Waals surface area contributed by atoms with Gasteiger partial charge in [0.1, 0.15) is 0 Å². The number of hydrazine groups is 1. The van der Waals surface area contributed by atoms with Gasteiger partial charge in [-0.05, 0) is 43.2 Å². The zero-order valence-electron chi connectivity index (χ0n) is 11.5. The van der Waals surface area contributed by atoms with Gasteiger partial charge in [-0.15, -0.1) is 0 Å². The summed E-state index contributed by atoms with van der Waals surface area (Å²) in [5.41, 5.74) is 5.43. The standard InChI is InChI=1S/C14H14BrClN4O/c1-7-3-10(15)4-8(2)12(7)19-14(21)9-5-11(16)13(20-17)18-6-9/h3-6H,17H2,1-2H3,(H,18,20)(H,19,21). The number of aryl methyl sites for hydroxylation is 2. The van der Waals surface area contributed by atoms with Crippen LogP contribution in [0.2, 0.25) is 5.02 Å². The van der Waals surface area contributed by atoms with Gasteiger partial charge in [-0.25, -0.2) is 10.8 Å². The minimum Gasteiger partial charge on any atom is -0.321 e. The molecule has 0 saturated heterocycles. The number of pyridine rings is 1. The molecular formula is C14H14BrClN4O. The molecule has 0 bridgehead atoms. The predicted octanol–water partition coefficient (Wildman–Crippen LogP) is 3.65. The number of aromatic nitrogens is 1. The number of nitrogens with two attached hydrogens (primary N) is 1. The number of hydrogen-bond donors (Lipinski definition) is 3. The number of nitrogen functional groups attached to an aromatic ring is 1. The molecule has 0 spiro atoms. The van der Waals surface area contributed by atoms with Gasteiger partial charge < -0.3 is 10.7 Å². The second kappa shape index (κ2) is 6.43. The van der Waals surface area contributed by atoms with E-state index in [-0.39, 0.29) is 10.9 Å². The zero-order chi connectivity index (χ0) is 15.6. The molecule has 1 aromatic carbocycles. The Kier molecular flexibility index (Phi) is 4.82. The van der Waals surface area contributed by atoms with Crippen molar-refractivity contribution >= 4 is 44.9 Å². The first-order chi connectivity index (χ1) is 9.92. The van der Waals surface area contributed by atoms with Crippen LogP contribution >= 0.6 is 27.5 Å². The first kappa shape index (κ1) is 15.8. The van der Waals surface area contributed by atoms with Crippen molar-refractivity contribution in [3.63, 3.8) is 0 Å². The van der Waals surface area contributed by atoms with E-state index in [2.05, 4.69) is 31.7 Å². The molecule has 1 amide bonds. The van der Waals surface area contributed by atoms with E-state index in [0.29, 0.717) is 11.4 Å². The summed E-state index contributed by atoms with van der Waals surface area (Å²) >= 11 is 9.39. The molecule has 1 aromatic heterocycles. The molecule has 7 heteroatoms. The fraction of sp³-hybridized carbons (Fsp3) is 0.143. The maximum absolute atomic E-state index is 12.3. The maximum Gasteiger partial charge on any atom is 0.257 e. The van der Waals surface area contributed by atoms with E-state index in [4.69, 9.17) is 17.4 Å². The molecule has 21 heavy (non-hydrogen) atoms. The van der Waals surface area contributed by atoms with E-state index >= 15 is 0 Å². The zero-order valence-corrected chi connectivity index (χ0v) is 13.8. The molecule has 4 N–H and O–H groups in total. The molecule has 2 aromatic rings. The Labute approximate surface area is 136 Å². The molecule has 110 valence electrons. The lowest BCUT2D eigenvalue weighted by Crippen LogP contribution is -2.15. The third kappa shape index (κ3) is 3.53. The summed E-state index contributed by atoms with van der Waals surface area (Å²) in [4.78, 5) is 16.3. The topological polar surface area (TPSA) is 80.0 Å². The van der Waals surface area contributed by atoms with Crippen LogP contribution in [0.4, 0.5) is 11.5 Å². The van der Waals surface area contributed by atoms with Crippen LogP contribution in [0.1, 0.15) is 21.5 Å². The number of nitrogens with zero attached hydrogens (tertiary/aromatic N) is 1. The number of halogens is 2. The quantitative estimate of drug-likeness (QED) is 0.570. The number of benzene rings is 1. The fourth-order valence-electron chi connectivity index (χ4n) is 1.96. The third-order valence-electron chi connectivity index (χ3n) is 2.98. The van der Waals surface area contributed by atoms with Crippen LogP contribution in [0, 0.1) is 13.8 Å². The van der Waals surface area contributed by atoms with Crippen molar-refractivity contribution in [3.8, 4) is 0 Å². The van der Waals surface area contributed by atoms with Crippen molar-refractivity contribution in [3.05, 3.63) is 50.6 Å². The number of anilines is 2. The molecule has 0 radical (unpaired) electrons. The van der Waals surface area contributed by atoms with E-state index in [1.54, 1.807) is 0 Å². The average Bonchev–Trinajstić information content (AvgIpc) is 2.42. The highest BCUT2D eigenvalue weighted by atomic mass is 79.9. The number of carbonyl (C=O) groups is 1. The van der Waals surface area contributed by atoms with E-state index < -0.39 is 0 Å². The number of hydrogen-bond acceptors (Lipinski definition) is 4. The summed E-state index contributed by atoms with van der Waals surface area (Å²) in [6, 6.07) is 5.40. The Bertz CT molecular complexity index is 682. The molecule has 0 aliphatic heterocycles. The number of carbonyl (C=O) groups excluding carboxylic acids is 1. The van der Waals surface area contributed by atoms with Crippen LogP contribution in [0.25, 0.3) is 0 Å². The molecule has 0 saturated carbocycles. The maximum atomic E-state index is 12.3.